The normalized spacial score (nSPS) is 14.3. The zero-order chi connectivity index (χ0) is 23.0. The van der Waals surface area contributed by atoms with E-state index in [-0.39, 0.29) is 23.1 Å². The van der Waals surface area contributed by atoms with Crippen LogP contribution in [0.2, 0.25) is 0 Å². The summed E-state index contributed by atoms with van der Waals surface area (Å²) in [7, 11) is 1.71. The summed E-state index contributed by atoms with van der Waals surface area (Å²) in [6, 6.07) is 7.87. The maximum absolute atomic E-state index is 14.5. The van der Waals surface area contributed by atoms with Crippen LogP contribution in [0.25, 0.3) is 22.5 Å². The summed E-state index contributed by atoms with van der Waals surface area (Å²) < 4.78 is 35.4. The molecule has 1 aliphatic rings. The quantitative estimate of drug-likeness (QED) is 0.374. The molecule has 11 heteroatoms. The van der Waals surface area contributed by atoms with E-state index in [4.69, 9.17) is 4.74 Å². The van der Waals surface area contributed by atoms with Gasteiger partial charge in [0, 0.05) is 41.5 Å². The van der Waals surface area contributed by atoms with Crippen molar-refractivity contribution in [1.29, 1.82) is 0 Å². The van der Waals surface area contributed by atoms with Crippen molar-refractivity contribution in [2.24, 2.45) is 12.5 Å². The Morgan fingerprint density at radius 3 is 2.67 bits per heavy atom. The predicted molar refractivity (Wildman–Crippen MR) is 116 cm³/mol. The number of nitrogens with one attached hydrogen (secondary N) is 2. The van der Waals surface area contributed by atoms with Crippen molar-refractivity contribution in [1.82, 2.24) is 29.9 Å². The van der Waals surface area contributed by atoms with Gasteiger partial charge in [0.1, 0.15) is 5.82 Å². The summed E-state index contributed by atoms with van der Waals surface area (Å²) in [5, 5.41) is 22.5. The first-order valence-electron chi connectivity index (χ1n) is 10.3. The van der Waals surface area contributed by atoms with Gasteiger partial charge in [0.25, 0.3) is 0 Å². The van der Waals surface area contributed by atoms with Gasteiger partial charge in [-0.25, -0.2) is 14.1 Å². The topological polar surface area (TPSA) is 114 Å². The molecule has 33 heavy (non-hydrogen) atoms. The van der Waals surface area contributed by atoms with Gasteiger partial charge in [0.05, 0.1) is 25.0 Å². The number of hydrogen-bond acceptors (Lipinski definition) is 7. The zero-order valence-electron chi connectivity index (χ0n) is 17.7. The molecule has 3 heterocycles. The van der Waals surface area contributed by atoms with Crippen LogP contribution < -0.4 is 10.1 Å². The first-order valence-corrected chi connectivity index (χ1v) is 10.3. The van der Waals surface area contributed by atoms with Gasteiger partial charge in [-0.1, -0.05) is 0 Å². The number of nitrogens with zero attached hydrogens (tertiary/aromatic N) is 5. The number of hydrogen-bond donors (Lipinski definition) is 3. The molecule has 0 spiro atoms. The molecule has 0 amide bonds. The van der Waals surface area contributed by atoms with Crippen LogP contribution in [0.1, 0.15) is 12.8 Å². The third kappa shape index (κ3) is 4.27. The van der Waals surface area contributed by atoms with Gasteiger partial charge in [-0.2, -0.15) is 14.5 Å². The van der Waals surface area contributed by atoms with Gasteiger partial charge < -0.3 is 15.2 Å². The van der Waals surface area contributed by atoms with Gasteiger partial charge in [-0.05, 0) is 37.1 Å². The van der Waals surface area contributed by atoms with Crippen molar-refractivity contribution in [3.8, 4) is 28.4 Å². The number of aryl methyl sites for hydroxylation is 1. The van der Waals surface area contributed by atoms with Crippen molar-refractivity contribution in [2.45, 2.75) is 12.8 Å². The fourth-order valence-corrected chi connectivity index (χ4v) is 3.36. The Bertz CT molecular complexity index is 1280. The maximum atomic E-state index is 14.5. The van der Waals surface area contributed by atoms with Gasteiger partial charge in [-0.3, -0.25) is 5.10 Å². The third-order valence-corrected chi connectivity index (χ3v) is 5.68. The average molecular weight is 453 g/mol. The molecule has 1 aromatic carbocycles. The summed E-state index contributed by atoms with van der Waals surface area (Å²) in [5.74, 6) is 0.00304. The van der Waals surface area contributed by atoms with E-state index in [0.29, 0.717) is 35.5 Å². The molecule has 0 radical (unpaired) electrons. The van der Waals surface area contributed by atoms with E-state index in [0.717, 1.165) is 12.8 Å². The van der Waals surface area contributed by atoms with E-state index in [2.05, 4.69) is 30.6 Å². The Hall–Kier alpha value is -3.86. The van der Waals surface area contributed by atoms with E-state index < -0.39 is 11.8 Å². The Morgan fingerprint density at radius 1 is 1.18 bits per heavy atom. The van der Waals surface area contributed by atoms with Crippen LogP contribution in [0.15, 0.2) is 42.7 Å². The number of ether oxygens (including phenoxy) is 1. The molecule has 0 aliphatic heterocycles. The van der Waals surface area contributed by atoms with Crippen molar-refractivity contribution in [3.05, 3.63) is 54.5 Å². The molecule has 1 saturated carbocycles. The van der Waals surface area contributed by atoms with Crippen molar-refractivity contribution in [3.63, 3.8) is 0 Å². The molecule has 170 valence electrons. The Kier molecular flexibility index (Phi) is 5.25. The highest BCUT2D eigenvalue weighted by Crippen LogP contribution is 2.45. The van der Waals surface area contributed by atoms with Crippen LogP contribution in [0.4, 0.5) is 20.4 Å². The van der Waals surface area contributed by atoms with Crippen LogP contribution in [0.5, 0.6) is 5.88 Å². The smallest absolute Gasteiger partial charge is 0.225 e. The first-order chi connectivity index (χ1) is 16.0. The number of aromatic nitrogens is 6. The second kappa shape index (κ2) is 8.24. The fraction of sp³-hybridized carbons (Fsp3) is 0.273. The average Bonchev–Trinajstić information content (AvgIpc) is 3.35. The lowest BCUT2D eigenvalue weighted by Crippen LogP contribution is -2.17. The number of aliphatic hydroxyl groups is 1. The summed E-state index contributed by atoms with van der Waals surface area (Å²) >= 11 is 0. The van der Waals surface area contributed by atoms with Crippen LogP contribution in [-0.4, -0.2) is 48.3 Å². The Balaban J connectivity index is 1.29. The van der Waals surface area contributed by atoms with Gasteiger partial charge in [-0.15, -0.1) is 5.10 Å². The number of pyridine rings is 1. The van der Waals surface area contributed by atoms with Crippen LogP contribution >= 0.6 is 0 Å². The highest BCUT2D eigenvalue weighted by atomic mass is 19.1. The van der Waals surface area contributed by atoms with Gasteiger partial charge >= 0.3 is 0 Å². The van der Waals surface area contributed by atoms with E-state index in [9.17, 15) is 13.9 Å². The number of rotatable bonds is 8. The number of aliphatic hydroxyl groups excluding tert-OH is 1. The summed E-state index contributed by atoms with van der Waals surface area (Å²) in [6.07, 6.45) is 4.77. The number of benzene rings is 1. The molecular weight excluding hydrogens is 432 g/mol. The first kappa shape index (κ1) is 21.0. The lowest BCUT2D eigenvalue weighted by atomic mass is 10.1. The molecule has 3 N–H and O–H groups in total. The molecule has 4 aromatic rings. The molecule has 1 fully saturated rings. The summed E-state index contributed by atoms with van der Waals surface area (Å²) in [6.45, 7) is 0.555. The lowest BCUT2D eigenvalue weighted by Gasteiger charge is -2.12. The van der Waals surface area contributed by atoms with E-state index in [1.165, 1.54) is 23.0 Å². The monoisotopic (exact) mass is 453 g/mol. The highest BCUT2D eigenvalue weighted by Gasteiger charge is 2.43. The maximum Gasteiger partial charge on any atom is 0.225 e. The third-order valence-electron chi connectivity index (χ3n) is 5.68. The summed E-state index contributed by atoms with van der Waals surface area (Å²) in [5.41, 5.74) is 1.16. The number of halogens is 2. The van der Waals surface area contributed by atoms with Crippen molar-refractivity contribution >= 4 is 11.6 Å². The molecule has 0 unspecified atom stereocenters. The van der Waals surface area contributed by atoms with Crippen molar-refractivity contribution in [2.75, 3.05) is 18.5 Å². The van der Waals surface area contributed by atoms with Crippen LogP contribution in [-0.2, 0) is 7.05 Å². The number of aromatic amines is 1. The van der Waals surface area contributed by atoms with E-state index in [1.54, 1.807) is 31.4 Å². The molecule has 0 saturated heterocycles. The van der Waals surface area contributed by atoms with Crippen LogP contribution in [0.3, 0.4) is 0 Å². The molecule has 0 atom stereocenters. The van der Waals surface area contributed by atoms with Gasteiger partial charge in [0.2, 0.25) is 17.8 Å². The van der Waals surface area contributed by atoms with Crippen LogP contribution in [0, 0.1) is 17.2 Å². The number of anilines is 2. The summed E-state index contributed by atoms with van der Waals surface area (Å²) in [4.78, 5) is 8.75. The largest absolute Gasteiger partial charge is 0.477 e. The minimum absolute atomic E-state index is 0.0589. The second-order valence-electron chi connectivity index (χ2n) is 8.13. The van der Waals surface area contributed by atoms with E-state index >= 15 is 0 Å². The minimum Gasteiger partial charge on any atom is -0.477 e. The lowest BCUT2D eigenvalue weighted by molar-refractivity contribution is 0.143. The predicted octanol–water partition coefficient (Wildman–Crippen LogP) is 3.44. The fourth-order valence-electron chi connectivity index (χ4n) is 3.36. The number of H-pyrrole nitrogens is 1. The molecule has 9 nitrogen and oxygen atoms in total. The second-order valence-corrected chi connectivity index (χ2v) is 8.13. The molecule has 5 rings (SSSR count). The molecular formula is C22H21F2N7O2. The Morgan fingerprint density at radius 2 is 2.03 bits per heavy atom. The van der Waals surface area contributed by atoms with E-state index in [1.807, 2.05) is 0 Å². The van der Waals surface area contributed by atoms with Gasteiger partial charge in [0.15, 0.2) is 5.82 Å². The molecule has 3 aromatic heterocycles. The minimum atomic E-state index is -0.696. The highest BCUT2D eigenvalue weighted by molar-refractivity contribution is 5.68. The Labute approximate surface area is 187 Å². The SMILES string of the molecule is Cn1nc(-c2ccc(OCC3(CO)CC3)nc2)nc1Nc1ccc(-c2cn[nH]c2F)c(F)c1. The molecule has 0 bridgehead atoms. The molecule has 1 aliphatic carbocycles. The standard InChI is InChI=1S/C22H21F2N7O2/c1-31-21(27-14-3-4-15(17(23)8-14)16-10-26-29-19(16)24)28-20(30-31)13-2-5-18(25-9-13)33-12-22(11-32)6-7-22/h2-5,8-10,32H,6-7,11-12H2,1H3,(H,26,29)(H,27,28,30). The van der Waals surface area contributed by atoms with Crippen molar-refractivity contribution < 1.29 is 18.6 Å². The zero-order valence-corrected chi connectivity index (χ0v) is 17.7.